The van der Waals surface area contributed by atoms with E-state index in [4.69, 9.17) is 5.11 Å². The molecule has 0 aliphatic rings. The molecule has 15 heavy (non-hydrogen) atoms. The Hall–Kier alpha value is -1.06. The van der Waals surface area contributed by atoms with Gasteiger partial charge in [-0.25, -0.2) is 0 Å². The molecule has 0 spiro atoms. The average Bonchev–Trinajstić information content (AvgIpc) is 2.20. The van der Waals surface area contributed by atoms with Gasteiger partial charge in [0, 0.05) is 0 Å². The van der Waals surface area contributed by atoms with Crippen LogP contribution in [0.5, 0.6) is 0 Å². The van der Waals surface area contributed by atoms with Gasteiger partial charge in [0.15, 0.2) is 0 Å². The number of carboxylic acids is 1. The first-order valence-corrected chi connectivity index (χ1v) is 4.68. The molecule has 0 saturated carbocycles. The van der Waals surface area contributed by atoms with Gasteiger partial charge in [0.2, 0.25) is 0 Å². The number of carboxylic acid groups (broad SMARTS) is 1. The number of nitrogens with one attached hydrogen (secondary N) is 1. The van der Waals surface area contributed by atoms with Gasteiger partial charge in [-0.3, -0.25) is 4.79 Å². The number of aliphatic carboxylic acids is 1. The molecule has 1 atom stereocenters. The second kappa shape index (κ2) is 7.26. The fourth-order valence-corrected chi connectivity index (χ4v) is 1.35. The third-order valence-electron chi connectivity index (χ3n) is 2.21. The van der Waals surface area contributed by atoms with Gasteiger partial charge in [-0.05, 0) is 25.5 Å². The van der Waals surface area contributed by atoms with E-state index in [0.717, 1.165) is 6.42 Å². The monoisotopic (exact) mass is 229 g/mol. The Morgan fingerprint density at radius 3 is 2.47 bits per heavy atom. The number of aryl methyl sites for hydroxylation is 1. The molecule has 2 N–H and O–H groups in total. The third kappa shape index (κ3) is 4.81. The van der Waals surface area contributed by atoms with E-state index in [1.54, 1.807) is 7.05 Å². The summed E-state index contributed by atoms with van der Waals surface area (Å²) in [6, 6.07) is 9.45. The van der Waals surface area contributed by atoms with Crippen molar-refractivity contribution in [2.45, 2.75) is 18.9 Å². The molecule has 1 aromatic carbocycles. The number of likely N-dealkylation sites (N-methyl/N-ethyl adjacent to an activating group) is 1. The Balaban J connectivity index is 0.00000196. The average molecular weight is 230 g/mol. The molecule has 0 unspecified atom stereocenters. The third-order valence-corrected chi connectivity index (χ3v) is 2.21. The summed E-state index contributed by atoms with van der Waals surface area (Å²) < 4.78 is 0. The molecule has 1 rings (SSSR count). The lowest BCUT2D eigenvalue weighted by Crippen LogP contribution is -2.34. The van der Waals surface area contributed by atoms with E-state index in [9.17, 15) is 4.79 Å². The number of rotatable bonds is 5. The summed E-state index contributed by atoms with van der Waals surface area (Å²) >= 11 is 0. The van der Waals surface area contributed by atoms with Gasteiger partial charge in [0.1, 0.15) is 6.04 Å². The van der Waals surface area contributed by atoms with Crippen LogP contribution in [0.15, 0.2) is 30.3 Å². The van der Waals surface area contributed by atoms with E-state index in [0.29, 0.717) is 6.42 Å². The Kier molecular flexibility index (Phi) is 6.75. The van der Waals surface area contributed by atoms with Crippen LogP contribution in [0.1, 0.15) is 12.0 Å². The van der Waals surface area contributed by atoms with Crippen LogP contribution >= 0.6 is 12.4 Å². The summed E-state index contributed by atoms with van der Waals surface area (Å²) in [5.41, 5.74) is 1.18. The minimum Gasteiger partial charge on any atom is -0.480 e. The predicted octanol–water partition coefficient (Wildman–Crippen LogP) is 1.71. The molecule has 0 fully saturated rings. The van der Waals surface area contributed by atoms with Crippen LogP contribution in [0.4, 0.5) is 0 Å². The normalized spacial score (nSPS) is 11.5. The van der Waals surface area contributed by atoms with E-state index in [2.05, 4.69) is 5.32 Å². The highest BCUT2D eigenvalue weighted by Gasteiger charge is 2.13. The lowest BCUT2D eigenvalue weighted by molar-refractivity contribution is -0.139. The number of carbonyl (C=O) groups is 1. The lowest BCUT2D eigenvalue weighted by Gasteiger charge is -2.10. The first kappa shape index (κ1) is 13.9. The lowest BCUT2D eigenvalue weighted by atomic mass is 10.1. The van der Waals surface area contributed by atoms with Crippen LogP contribution < -0.4 is 5.32 Å². The maximum atomic E-state index is 10.7. The summed E-state index contributed by atoms with van der Waals surface area (Å²) in [7, 11) is 1.67. The van der Waals surface area contributed by atoms with Crippen molar-refractivity contribution < 1.29 is 9.90 Å². The minimum atomic E-state index is -0.788. The van der Waals surface area contributed by atoms with Gasteiger partial charge in [-0.2, -0.15) is 0 Å². The second-order valence-corrected chi connectivity index (χ2v) is 3.20. The molecule has 0 radical (unpaired) electrons. The zero-order valence-corrected chi connectivity index (χ0v) is 9.46. The second-order valence-electron chi connectivity index (χ2n) is 3.20. The Bertz CT molecular complexity index is 290. The fourth-order valence-electron chi connectivity index (χ4n) is 1.35. The summed E-state index contributed by atoms with van der Waals surface area (Å²) in [6.45, 7) is 0. The first-order chi connectivity index (χ1) is 6.74. The molecule has 4 heteroatoms. The van der Waals surface area contributed by atoms with Crippen molar-refractivity contribution in [3.63, 3.8) is 0 Å². The van der Waals surface area contributed by atoms with E-state index in [1.807, 2.05) is 30.3 Å². The van der Waals surface area contributed by atoms with Crippen molar-refractivity contribution in [1.82, 2.24) is 5.32 Å². The largest absolute Gasteiger partial charge is 0.480 e. The van der Waals surface area contributed by atoms with Gasteiger partial charge < -0.3 is 10.4 Å². The molecule has 0 aliphatic carbocycles. The minimum absolute atomic E-state index is 0. The van der Waals surface area contributed by atoms with Crippen LogP contribution in [0.3, 0.4) is 0 Å². The maximum absolute atomic E-state index is 10.7. The fraction of sp³-hybridized carbons (Fsp3) is 0.364. The van der Waals surface area contributed by atoms with Crippen molar-refractivity contribution in [2.24, 2.45) is 0 Å². The Labute approximate surface area is 95.9 Å². The molecule has 0 heterocycles. The number of hydrogen-bond acceptors (Lipinski definition) is 2. The summed E-state index contributed by atoms with van der Waals surface area (Å²) in [5, 5.41) is 11.6. The molecule has 0 amide bonds. The smallest absolute Gasteiger partial charge is 0.320 e. The maximum Gasteiger partial charge on any atom is 0.320 e. The van der Waals surface area contributed by atoms with Crippen LogP contribution in [0.2, 0.25) is 0 Å². The van der Waals surface area contributed by atoms with Crippen molar-refractivity contribution >= 4 is 18.4 Å². The van der Waals surface area contributed by atoms with Gasteiger partial charge in [-0.1, -0.05) is 30.3 Å². The van der Waals surface area contributed by atoms with Crippen LogP contribution in [0.25, 0.3) is 0 Å². The van der Waals surface area contributed by atoms with E-state index >= 15 is 0 Å². The molecule has 0 saturated heterocycles. The molecular weight excluding hydrogens is 214 g/mol. The zero-order chi connectivity index (χ0) is 10.4. The summed E-state index contributed by atoms with van der Waals surface area (Å²) in [6.07, 6.45) is 1.41. The van der Waals surface area contributed by atoms with Crippen LogP contribution in [-0.2, 0) is 11.2 Å². The van der Waals surface area contributed by atoms with Crippen molar-refractivity contribution in [3.05, 3.63) is 35.9 Å². The quantitative estimate of drug-likeness (QED) is 0.808. The van der Waals surface area contributed by atoms with Gasteiger partial charge in [0.05, 0.1) is 0 Å². The highest BCUT2D eigenvalue weighted by molar-refractivity contribution is 5.85. The summed E-state index contributed by atoms with van der Waals surface area (Å²) in [5.74, 6) is -0.788. The SMILES string of the molecule is CN[C@H](CCc1ccccc1)C(=O)O.Cl. The standard InChI is InChI=1S/C11H15NO2.ClH/c1-12-10(11(13)14)8-7-9-5-3-2-4-6-9;/h2-6,10,12H,7-8H2,1H3,(H,13,14);1H/t10-;/m1./s1. The van der Waals surface area contributed by atoms with Gasteiger partial charge in [-0.15, -0.1) is 12.4 Å². The molecule has 84 valence electrons. The van der Waals surface area contributed by atoms with Crippen molar-refractivity contribution in [1.29, 1.82) is 0 Å². The van der Waals surface area contributed by atoms with E-state index in [1.165, 1.54) is 5.56 Å². The molecule has 0 aliphatic heterocycles. The molecule has 1 aromatic rings. The number of halogens is 1. The van der Waals surface area contributed by atoms with Crippen molar-refractivity contribution in [2.75, 3.05) is 7.05 Å². The molecule has 3 nitrogen and oxygen atoms in total. The van der Waals surface area contributed by atoms with Gasteiger partial charge >= 0.3 is 5.97 Å². The van der Waals surface area contributed by atoms with Crippen LogP contribution in [0, 0.1) is 0 Å². The first-order valence-electron chi connectivity index (χ1n) is 4.68. The Morgan fingerprint density at radius 2 is 2.00 bits per heavy atom. The van der Waals surface area contributed by atoms with E-state index < -0.39 is 12.0 Å². The highest BCUT2D eigenvalue weighted by atomic mass is 35.5. The van der Waals surface area contributed by atoms with Gasteiger partial charge in [0.25, 0.3) is 0 Å². The highest BCUT2D eigenvalue weighted by Crippen LogP contribution is 2.04. The molecular formula is C11H16ClNO2. The molecule has 0 bridgehead atoms. The van der Waals surface area contributed by atoms with Crippen molar-refractivity contribution in [3.8, 4) is 0 Å². The summed E-state index contributed by atoms with van der Waals surface area (Å²) in [4.78, 5) is 10.7. The predicted molar refractivity (Wildman–Crippen MR) is 62.5 cm³/mol. The van der Waals surface area contributed by atoms with Crippen LogP contribution in [-0.4, -0.2) is 24.2 Å². The molecule has 0 aromatic heterocycles. The number of benzene rings is 1. The zero-order valence-electron chi connectivity index (χ0n) is 8.64. The topological polar surface area (TPSA) is 49.3 Å². The Morgan fingerprint density at radius 1 is 1.40 bits per heavy atom. The number of hydrogen-bond donors (Lipinski definition) is 2. The van der Waals surface area contributed by atoms with E-state index in [-0.39, 0.29) is 12.4 Å².